The lowest BCUT2D eigenvalue weighted by Gasteiger charge is -2.50. The molecule has 0 bridgehead atoms. The van der Waals surface area contributed by atoms with Gasteiger partial charge in [0.1, 0.15) is 22.8 Å². The molecule has 10 nitrogen and oxygen atoms in total. The third-order valence-electron chi connectivity index (χ3n) is 9.45. The number of carbonyl (C=O) groups is 3. The Labute approximate surface area is 243 Å². The highest BCUT2D eigenvalue weighted by atomic mass is 16.3. The van der Waals surface area contributed by atoms with Gasteiger partial charge in [0, 0.05) is 18.0 Å². The molecule has 2 fully saturated rings. The molecule has 4 aliphatic rings. The van der Waals surface area contributed by atoms with Crippen LogP contribution in [0, 0.1) is 11.8 Å². The maximum atomic E-state index is 14.0. The van der Waals surface area contributed by atoms with Crippen LogP contribution in [0.5, 0.6) is 5.75 Å². The van der Waals surface area contributed by atoms with Crippen molar-refractivity contribution in [2.75, 3.05) is 27.2 Å². The van der Waals surface area contributed by atoms with Crippen LogP contribution in [0.4, 0.5) is 0 Å². The van der Waals surface area contributed by atoms with Crippen molar-refractivity contribution < 1.29 is 34.8 Å². The fraction of sp³-hybridized carbons (Fsp3) is 0.406. The summed E-state index contributed by atoms with van der Waals surface area (Å²) >= 11 is 0. The van der Waals surface area contributed by atoms with E-state index in [1.165, 1.54) is 23.8 Å². The van der Waals surface area contributed by atoms with Crippen molar-refractivity contribution in [3.05, 3.63) is 70.0 Å². The molecule has 42 heavy (non-hydrogen) atoms. The van der Waals surface area contributed by atoms with E-state index < -0.39 is 58.0 Å². The van der Waals surface area contributed by atoms with Crippen molar-refractivity contribution in [3.63, 3.8) is 0 Å². The number of phenolic OH excluding ortho intramolecular Hbond substituents is 1. The summed E-state index contributed by atoms with van der Waals surface area (Å²) in [6.07, 6.45) is 2.67. The molecule has 2 aromatic rings. The van der Waals surface area contributed by atoms with Crippen molar-refractivity contribution in [2.24, 2.45) is 17.6 Å². The van der Waals surface area contributed by atoms with Gasteiger partial charge in [-0.3, -0.25) is 24.2 Å². The van der Waals surface area contributed by atoms with E-state index in [9.17, 15) is 34.8 Å². The number of primary amides is 1. The first-order valence-electron chi connectivity index (χ1n) is 14.3. The summed E-state index contributed by atoms with van der Waals surface area (Å²) in [5.41, 5.74) is 5.36. The number of nitrogens with two attached hydrogens (primary N) is 1. The Morgan fingerprint density at radius 1 is 1.10 bits per heavy atom. The third kappa shape index (κ3) is 4.08. The summed E-state index contributed by atoms with van der Waals surface area (Å²) in [4.78, 5) is 43.4. The number of rotatable bonds is 5. The van der Waals surface area contributed by atoms with Gasteiger partial charge >= 0.3 is 0 Å². The number of fused-ring (bicyclic) bond motifs is 3. The minimum Gasteiger partial charge on any atom is -0.508 e. The zero-order valence-electron chi connectivity index (χ0n) is 23.6. The number of aliphatic hydroxyl groups is 3. The summed E-state index contributed by atoms with van der Waals surface area (Å²) in [5, 5.41) is 45.2. The van der Waals surface area contributed by atoms with Gasteiger partial charge in [-0.15, -0.1) is 0 Å². The molecule has 1 heterocycles. The number of benzene rings is 2. The van der Waals surface area contributed by atoms with E-state index in [0.29, 0.717) is 5.56 Å². The van der Waals surface area contributed by atoms with Gasteiger partial charge in [-0.2, -0.15) is 0 Å². The summed E-state index contributed by atoms with van der Waals surface area (Å²) in [7, 11) is 3.16. The maximum Gasteiger partial charge on any atom is 0.255 e. The Kier molecular flexibility index (Phi) is 6.75. The highest BCUT2D eigenvalue weighted by molar-refractivity contribution is 6.24. The number of aliphatic hydroxyl groups excluding tert-OH is 2. The molecule has 6 rings (SSSR count). The van der Waals surface area contributed by atoms with Crippen LogP contribution in [0.15, 0.2) is 53.3 Å². The number of carbonyl (C=O) groups excluding carboxylic acids is 3. The van der Waals surface area contributed by atoms with E-state index >= 15 is 0 Å². The topological polar surface area (TPSA) is 165 Å². The Morgan fingerprint density at radius 2 is 1.81 bits per heavy atom. The van der Waals surface area contributed by atoms with Crippen molar-refractivity contribution in [1.29, 1.82) is 0 Å². The molecule has 6 N–H and O–H groups in total. The number of aromatic hydroxyl groups is 1. The zero-order valence-corrected chi connectivity index (χ0v) is 23.6. The van der Waals surface area contributed by atoms with Gasteiger partial charge in [0.25, 0.3) is 5.91 Å². The first-order chi connectivity index (χ1) is 19.9. The third-order valence-corrected chi connectivity index (χ3v) is 9.45. The van der Waals surface area contributed by atoms with Crippen molar-refractivity contribution in [2.45, 2.75) is 43.9 Å². The first kappa shape index (κ1) is 28.1. The molecule has 1 saturated heterocycles. The number of amides is 1. The Bertz CT molecular complexity index is 1590. The molecule has 0 aromatic heterocycles. The summed E-state index contributed by atoms with van der Waals surface area (Å²) < 4.78 is 0. The van der Waals surface area contributed by atoms with E-state index in [2.05, 4.69) is 17.0 Å². The van der Waals surface area contributed by atoms with E-state index in [4.69, 9.17) is 5.73 Å². The molecule has 4 atom stereocenters. The summed E-state index contributed by atoms with van der Waals surface area (Å²) in [6.45, 7) is 2.95. The van der Waals surface area contributed by atoms with E-state index in [1.807, 2.05) is 12.1 Å². The second kappa shape index (κ2) is 10.1. The van der Waals surface area contributed by atoms with Crippen LogP contribution >= 0.6 is 0 Å². The van der Waals surface area contributed by atoms with E-state index in [0.717, 1.165) is 36.3 Å². The second-order valence-electron chi connectivity index (χ2n) is 12.1. The number of Topliss-reactive ketones (excluding diaryl/α,β-unsaturated/α-hetero) is 2. The van der Waals surface area contributed by atoms with Gasteiger partial charge in [0.2, 0.25) is 5.78 Å². The molecule has 2 aromatic carbocycles. The van der Waals surface area contributed by atoms with Crippen molar-refractivity contribution >= 4 is 23.2 Å². The number of hydrogen-bond acceptors (Lipinski definition) is 9. The Hall–Kier alpha value is -3.99. The lowest BCUT2D eigenvalue weighted by atomic mass is 9.57. The molecular weight excluding hydrogens is 538 g/mol. The molecule has 1 amide bonds. The number of phenols is 1. The Morgan fingerprint density at radius 3 is 2.48 bits per heavy atom. The maximum absolute atomic E-state index is 14.0. The number of likely N-dealkylation sites (tertiary alicyclic amines) is 1. The van der Waals surface area contributed by atoms with Gasteiger partial charge in [-0.25, -0.2) is 0 Å². The van der Waals surface area contributed by atoms with Crippen molar-refractivity contribution in [3.8, 4) is 16.9 Å². The van der Waals surface area contributed by atoms with E-state index in [-0.39, 0.29) is 29.7 Å². The molecule has 220 valence electrons. The highest BCUT2D eigenvalue weighted by Gasteiger charge is 2.64. The molecule has 0 radical (unpaired) electrons. The SMILES string of the molecule is CN(C)[C@@H]1C(=O)C(C(N)=O)=C(O)[C@@]2(O)C(=O)C3=C(O)c4c(O)ccc(-c5cccc(CN6CCCC6)c5)c4CC3CC12. The van der Waals surface area contributed by atoms with Crippen LogP contribution in [0.1, 0.15) is 36.0 Å². The first-order valence-corrected chi connectivity index (χ1v) is 14.3. The fourth-order valence-electron chi connectivity index (χ4n) is 7.55. The number of hydrogen-bond donors (Lipinski definition) is 5. The molecule has 1 aliphatic heterocycles. The molecule has 2 unspecified atom stereocenters. The van der Waals surface area contributed by atoms with Crippen LogP contribution in [0.3, 0.4) is 0 Å². The average molecular weight is 574 g/mol. The number of nitrogens with zero attached hydrogens (tertiary/aromatic N) is 2. The average Bonchev–Trinajstić information content (AvgIpc) is 3.43. The van der Waals surface area contributed by atoms with Gasteiger partial charge in [-0.05, 0) is 93.2 Å². The van der Waals surface area contributed by atoms with Crippen LogP contribution in [-0.2, 0) is 27.3 Å². The lowest BCUT2D eigenvalue weighted by molar-refractivity contribution is -0.153. The fourth-order valence-corrected chi connectivity index (χ4v) is 7.55. The van der Waals surface area contributed by atoms with Crippen LogP contribution in [0.25, 0.3) is 16.9 Å². The van der Waals surface area contributed by atoms with Gasteiger partial charge < -0.3 is 26.2 Å². The van der Waals surface area contributed by atoms with Crippen LogP contribution < -0.4 is 5.73 Å². The largest absolute Gasteiger partial charge is 0.508 e. The van der Waals surface area contributed by atoms with Crippen LogP contribution in [-0.4, -0.2) is 86.5 Å². The molecular formula is C32H35N3O7. The monoisotopic (exact) mass is 573 g/mol. The van der Waals surface area contributed by atoms with Gasteiger partial charge in [0.05, 0.1) is 11.6 Å². The quantitative estimate of drug-likeness (QED) is 0.337. The minimum atomic E-state index is -2.65. The zero-order chi connectivity index (χ0) is 30.1. The molecule has 0 spiro atoms. The number of ketones is 2. The summed E-state index contributed by atoms with van der Waals surface area (Å²) in [5.74, 6) is -6.58. The van der Waals surface area contributed by atoms with Gasteiger partial charge in [0.15, 0.2) is 11.4 Å². The molecule has 3 aliphatic carbocycles. The Balaban J connectivity index is 1.48. The molecule has 10 heteroatoms. The minimum absolute atomic E-state index is 0.0514. The lowest BCUT2D eigenvalue weighted by Crippen LogP contribution is -2.65. The van der Waals surface area contributed by atoms with Crippen molar-refractivity contribution in [1.82, 2.24) is 9.80 Å². The normalized spacial score (nSPS) is 27.8. The van der Waals surface area contributed by atoms with Gasteiger partial charge in [-0.1, -0.05) is 24.3 Å². The highest BCUT2D eigenvalue weighted by Crippen LogP contribution is 2.53. The summed E-state index contributed by atoms with van der Waals surface area (Å²) in [6, 6.07) is 10.3. The smallest absolute Gasteiger partial charge is 0.255 e. The standard InChI is InChI=1S/C32H35N3O7/c1-34(2)26-21-14-18-13-20-19(17-7-5-6-16(12-17)15-35-10-3-4-11-35)8-9-22(36)24(20)27(37)23(18)29(39)32(21,42)30(40)25(28(26)38)31(33)41/h5-9,12,18,21,26,36-37,40,42H,3-4,10-11,13-15H2,1-2H3,(H2,33,41)/t18?,21?,26-,32-/m0/s1. The number of likely N-dealkylation sites (N-methyl/N-ethyl adjacent to an activating group) is 1. The predicted molar refractivity (Wildman–Crippen MR) is 154 cm³/mol. The predicted octanol–water partition coefficient (Wildman–Crippen LogP) is 2.23. The second-order valence-corrected chi connectivity index (χ2v) is 12.1. The van der Waals surface area contributed by atoms with E-state index in [1.54, 1.807) is 20.2 Å². The molecule has 1 saturated carbocycles. The van der Waals surface area contributed by atoms with Crippen LogP contribution in [0.2, 0.25) is 0 Å².